The molecule has 3 rings (SSSR count). The minimum absolute atomic E-state index is 0.0228. The maximum Gasteiger partial charge on any atom is 0.233 e. The van der Waals surface area contributed by atoms with E-state index >= 15 is 0 Å². The van der Waals surface area contributed by atoms with Gasteiger partial charge in [-0.1, -0.05) is 30.0 Å². The normalized spacial score (nSPS) is 15.8. The second-order valence-electron chi connectivity index (χ2n) is 6.16. The molecule has 0 aliphatic carbocycles. The summed E-state index contributed by atoms with van der Waals surface area (Å²) >= 11 is 1.45. The highest BCUT2D eigenvalue weighted by Crippen LogP contribution is 2.30. The molecule has 1 atom stereocenters. The van der Waals surface area contributed by atoms with Crippen molar-refractivity contribution in [1.29, 1.82) is 0 Å². The summed E-state index contributed by atoms with van der Waals surface area (Å²) < 4.78 is 2.08. The molecule has 2 heterocycles. The molecule has 2 aromatic rings. The number of hydrogen-bond acceptors (Lipinski definition) is 5. The highest BCUT2D eigenvalue weighted by atomic mass is 32.2. The number of thioether (sulfide) groups is 1. The van der Waals surface area contributed by atoms with Crippen LogP contribution < -0.4 is 10.2 Å². The van der Waals surface area contributed by atoms with Crippen LogP contribution in [0.25, 0.3) is 5.69 Å². The minimum atomic E-state index is -0.221. The van der Waals surface area contributed by atoms with Crippen LogP contribution in [0.1, 0.15) is 33.1 Å². The molecule has 7 heteroatoms. The van der Waals surface area contributed by atoms with Crippen molar-refractivity contribution in [3.05, 3.63) is 30.3 Å². The molecule has 1 aliphatic rings. The van der Waals surface area contributed by atoms with Crippen molar-refractivity contribution in [1.82, 2.24) is 20.1 Å². The third kappa shape index (κ3) is 4.15. The highest BCUT2D eigenvalue weighted by molar-refractivity contribution is 8.00. The zero-order valence-corrected chi connectivity index (χ0v) is 15.6. The third-order valence-electron chi connectivity index (χ3n) is 4.27. The third-order valence-corrected chi connectivity index (χ3v) is 5.31. The number of piperidine rings is 1. The van der Waals surface area contributed by atoms with E-state index in [0.29, 0.717) is 6.54 Å². The van der Waals surface area contributed by atoms with Crippen molar-refractivity contribution in [2.45, 2.75) is 43.5 Å². The maximum atomic E-state index is 12.1. The molecule has 6 nitrogen and oxygen atoms in total. The van der Waals surface area contributed by atoms with Gasteiger partial charge in [0.25, 0.3) is 0 Å². The molecule has 134 valence electrons. The molecule has 1 amide bonds. The Balaban J connectivity index is 1.92. The minimum Gasteiger partial charge on any atom is -0.355 e. The Morgan fingerprint density at radius 1 is 1.20 bits per heavy atom. The van der Waals surface area contributed by atoms with E-state index in [4.69, 9.17) is 0 Å². The number of hydrogen-bond donors (Lipinski definition) is 1. The van der Waals surface area contributed by atoms with Crippen LogP contribution in [0.4, 0.5) is 5.95 Å². The van der Waals surface area contributed by atoms with Gasteiger partial charge in [0.15, 0.2) is 5.16 Å². The lowest BCUT2D eigenvalue weighted by Crippen LogP contribution is -2.32. The van der Waals surface area contributed by atoms with Crippen molar-refractivity contribution in [3.8, 4) is 5.69 Å². The predicted octanol–water partition coefficient (Wildman–Crippen LogP) is 2.87. The number of rotatable bonds is 6. The monoisotopic (exact) mass is 359 g/mol. The van der Waals surface area contributed by atoms with Crippen LogP contribution in [0.5, 0.6) is 0 Å². The number of carbonyl (C=O) groups is 1. The molecule has 25 heavy (non-hydrogen) atoms. The van der Waals surface area contributed by atoms with E-state index in [2.05, 4.69) is 37.1 Å². The Morgan fingerprint density at radius 3 is 2.60 bits per heavy atom. The Morgan fingerprint density at radius 2 is 1.92 bits per heavy atom. The topological polar surface area (TPSA) is 63.1 Å². The van der Waals surface area contributed by atoms with Gasteiger partial charge in [0.2, 0.25) is 11.9 Å². The summed E-state index contributed by atoms with van der Waals surface area (Å²) in [5.41, 5.74) is 1.03. The summed E-state index contributed by atoms with van der Waals surface area (Å²) in [6, 6.07) is 10.1. The van der Waals surface area contributed by atoms with Crippen LogP contribution in [0, 0.1) is 0 Å². The van der Waals surface area contributed by atoms with Crippen LogP contribution in [0.3, 0.4) is 0 Å². The van der Waals surface area contributed by atoms with Gasteiger partial charge in [0, 0.05) is 19.6 Å². The molecule has 0 spiro atoms. The number of nitrogens with zero attached hydrogens (tertiary/aromatic N) is 4. The van der Waals surface area contributed by atoms with Gasteiger partial charge >= 0.3 is 0 Å². The molecule has 1 aromatic carbocycles. The van der Waals surface area contributed by atoms with Crippen molar-refractivity contribution in [2.24, 2.45) is 0 Å². The lowest BCUT2D eigenvalue weighted by atomic mass is 10.1. The number of amides is 1. The fourth-order valence-corrected chi connectivity index (χ4v) is 3.86. The molecular formula is C18H25N5OS. The van der Waals surface area contributed by atoms with E-state index in [1.807, 2.05) is 32.0 Å². The summed E-state index contributed by atoms with van der Waals surface area (Å²) in [5, 5.41) is 12.3. The van der Waals surface area contributed by atoms with Gasteiger partial charge in [-0.25, -0.2) is 0 Å². The zero-order valence-electron chi connectivity index (χ0n) is 14.8. The van der Waals surface area contributed by atoms with E-state index in [9.17, 15) is 4.79 Å². The van der Waals surface area contributed by atoms with Crippen molar-refractivity contribution in [2.75, 3.05) is 24.5 Å². The molecule has 0 radical (unpaired) electrons. The van der Waals surface area contributed by atoms with Crippen LogP contribution in [0.2, 0.25) is 0 Å². The van der Waals surface area contributed by atoms with Crippen molar-refractivity contribution < 1.29 is 4.79 Å². The molecule has 0 unspecified atom stereocenters. The van der Waals surface area contributed by atoms with Crippen LogP contribution in [-0.4, -0.2) is 45.6 Å². The summed E-state index contributed by atoms with van der Waals surface area (Å²) in [6.07, 6.45) is 3.63. The fourth-order valence-electron chi connectivity index (χ4n) is 2.97. The summed E-state index contributed by atoms with van der Waals surface area (Å²) in [5.74, 6) is 0.895. The van der Waals surface area contributed by atoms with E-state index in [-0.39, 0.29) is 11.2 Å². The fraction of sp³-hybridized carbons (Fsp3) is 0.500. The Bertz CT molecular complexity index is 697. The first-order chi connectivity index (χ1) is 12.2. The van der Waals surface area contributed by atoms with Gasteiger partial charge in [-0.3, -0.25) is 9.36 Å². The first kappa shape index (κ1) is 17.8. The molecule has 1 N–H and O–H groups in total. The van der Waals surface area contributed by atoms with Gasteiger partial charge in [-0.15, -0.1) is 10.2 Å². The lowest BCUT2D eigenvalue weighted by molar-refractivity contribution is -0.120. The molecule has 0 bridgehead atoms. The average Bonchev–Trinajstić information content (AvgIpc) is 3.07. The predicted molar refractivity (Wildman–Crippen MR) is 101 cm³/mol. The summed E-state index contributed by atoms with van der Waals surface area (Å²) in [4.78, 5) is 14.4. The Labute approximate surface area is 153 Å². The van der Waals surface area contributed by atoms with E-state index < -0.39 is 0 Å². The molecule has 0 saturated carbocycles. The van der Waals surface area contributed by atoms with Gasteiger partial charge in [-0.05, 0) is 45.2 Å². The van der Waals surface area contributed by atoms with Gasteiger partial charge in [-0.2, -0.15) is 0 Å². The number of nitrogens with one attached hydrogen (secondary N) is 1. The van der Waals surface area contributed by atoms with Crippen molar-refractivity contribution in [3.63, 3.8) is 0 Å². The Kier molecular flexibility index (Phi) is 5.96. The SMILES string of the molecule is CCNC(=O)[C@@H](C)Sc1nnc(N2CCCCC2)n1-c1ccccc1. The second kappa shape index (κ2) is 8.38. The smallest absolute Gasteiger partial charge is 0.233 e. The van der Waals surface area contributed by atoms with E-state index in [0.717, 1.165) is 29.9 Å². The largest absolute Gasteiger partial charge is 0.355 e. The molecule has 1 aromatic heterocycles. The number of carbonyl (C=O) groups excluding carboxylic acids is 1. The first-order valence-corrected chi connectivity index (χ1v) is 9.79. The van der Waals surface area contributed by atoms with Crippen LogP contribution in [-0.2, 0) is 4.79 Å². The second-order valence-corrected chi connectivity index (χ2v) is 7.46. The van der Waals surface area contributed by atoms with E-state index in [1.165, 1.54) is 31.0 Å². The van der Waals surface area contributed by atoms with Gasteiger partial charge < -0.3 is 10.2 Å². The first-order valence-electron chi connectivity index (χ1n) is 8.91. The molecule has 1 fully saturated rings. The molecule has 1 aliphatic heterocycles. The zero-order chi connectivity index (χ0) is 17.6. The maximum absolute atomic E-state index is 12.1. The lowest BCUT2D eigenvalue weighted by Gasteiger charge is -2.28. The highest BCUT2D eigenvalue weighted by Gasteiger charge is 2.24. The van der Waals surface area contributed by atoms with Gasteiger partial charge in [0.05, 0.1) is 10.9 Å². The molecular weight excluding hydrogens is 334 g/mol. The Hall–Kier alpha value is -2.02. The standard InChI is InChI=1S/C18H25N5OS/c1-3-19-16(24)14(2)25-18-21-20-17(22-12-8-5-9-13-22)23(18)15-10-6-4-7-11-15/h4,6-7,10-11,14H,3,5,8-9,12-13H2,1-2H3,(H,19,24)/t14-/m1/s1. The summed E-state index contributed by atoms with van der Waals surface area (Å²) in [7, 11) is 0. The number of aromatic nitrogens is 3. The summed E-state index contributed by atoms with van der Waals surface area (Å²) in [6.45, 7) is 6.47. The number of benzene rings is 1. The average molecular weight is 359 g/mol. The molecule has 1 saturated heterocycles. The van der Waals surface area contributed by atoms with Crippen LogP contribution >= 0.6 is 11.8 Å². The number of anilines is 1. The quantitative estimate of drug-likeness (QED) is 0.804. The van der Waals surface area contributed by atoms with Crippen molar-refractivity contribution >= 4 is 23.6 Å². The van der Waals surface area contributed by atoms with Gasteiger partial charge in [0.1, 0.15) is 0 Å². The number of para-hydroxylation sites is 1. The van der Waals surface area contributed by atoms with Crippen LogP contribution in [0.15, 0.2) is 35.5 Å². The van der Waals surface area contributed by atoms with E-state index in [1.54, 1.807) is 0 Å².